The van der Waals surface area contributed by atoms with Crippen LogP contribution in [-0.2, 0) is 4.74 Å². The van der Waals surface area contributed by atoms with E-state index in [9.17, 15) is 4.79 Å². The minimum absolute atomic E-state index is 0.192. The van der Waals surface area contributed by atoms with Crippen LogP contribution in [0.4, 0.5) is 5.13 Å². The molecule has 0 amide bonds. The molecule has 0 saturated heterocycles. The minimum atomic E-state index is -0.349. The average molecular weight is 276 g/mol. The van der Waals surface area contributed by atoms with Crippen molar-refractivity contribution in [1.82, 2.24) is 4.98 Å². The Kier molecular flexibility index (Phi) is 4.52. The minimum Gasteiger partial charge on any atom is -0.465 e. The first kappa shape index (κ1) is 13.5. The molecule has 0 fully saturated rings. The van der Waals surface area contributed by atoms with Crippen LogP contribution in [0, 0.1) is 0 Å². The molecular weight excluding hydrogens is 260 g/mol. The third-order valence-corrected chi connectivity index (χ3v) is 3.71. The number of methoxy groups -OCH3 is 1. The van der Waals surface area contributed by atoms with Gasteiger partial charge >= 0.3 is 5.97 Å². The van der Waals surface area contributed by atoms with Gasteiger partial charge in [-0.05, 0) is 12.0 Å². The molecule has 5 heteroatoms. The molecule has 1 aromatic heterocycles. The summed E-state index contributed by atoms with van der Waals surface area (Å²) >= 11 is 1.31. The second kappa shape index (κ2) is 6.33. The third-order valence-electron chi connectivity index (χ3n) is 2.80. The van der Waals surface area contributed by atoms with Crippen molar-refractivity contribution in [3.05, 3.63) is 47.0 Å². The number of benzene rings is 1. The van der Waals surface area contributed by atoms with Gasteiger partial charge in [0, 0.05) is 0 Å². The summed E-state index contributed by atoms with van der Waals surface area (Å²) in [4.78, 5) is 16.1. The van der Waals surface area contributed by atoms with Gasteiger partial charge in [0.1, 0.15) is 4.88 Å². The number of carbonyl (C=O) groups is 1. The van der Waals surface area contributed by atoms with E-state index in [1.807, 2.05) is 18.2 Å². The Morgan fingerprint density at radius 2 is 2.16 bits per heavy atom. The first-order valence-corrected chi connectivity index (χ1v) is 6.92. The van der Waals surface area contributed by atoms with Gasteiger partial charge in [0.05, 0.1) is 19.3 Å². The van der Waals surface area contributed by atoms with Crippen LogP contribution in [-0.4, -0.2) is 18.1 Å². The standard InChI is InChI=1S/C14H16N2O2S/c1-3-11(10-7-5-4-6-8-10)16-14-15-9-12(19-14)13(17)18-2/h4-9,11H,3H2,1-2H3,(H,15,16). The number of anilines is 1. The number of hydrogen-bond acceptors (Lipinski definition) is 5. The average Bonchev–Trinajstić information content (AvgIpc) is 2.93. The number of hydrogen-bond donors (Lipinski definition) is 1. The smallest absolute Gasteiger partial charge is 0.349 e. The molecule has 0 spiro atoms. The highest BCUT2D eigenvalue weighted by molar-refractivity contribution is 7.17. The zero-order valence-corrected chi connectivity index (χ0v) is 11.7. The number of thiazole rings is 1. The molecule has 1 heterocycles. The molecule has 0 aliphatic carbocycles. The Labute approximate surface area is 116 Å². The Morgan fingerprint density at radius 1 is 1.42 bits per heavy atom. The summed E-state index contributed by atoms with van der Waals surface area (Å²) in [5.41, 5.74) is 1.21. The number of nitrogens with zero attached hydrogens (tertiary/aromatic N) is 1. The summed E-state index contributed by atoms with van der Waals surface area (Å²) in [6.07, 6.45) is 2.48. The van der Waals surface area contributed by atoms with Gasteiger partial charge in [-0.1, -0.05) is 48.6 Å². The van der Waals surface area contributed by atoms with E-state index in [0.717, 1.165) is 11.6 Å². The summed E-state index contributed by atoms with van der Waals surface area (Å²) in [6.45, 7) is 2.11. The van der Waals surface area contributed by atoms with E-state index >= 15 is 0 Å². The fraction of sp³-hybridized carbons (Fsp3) is 0.286. The number of ether oxygens (including phenoxy) is 1. The monoisotopic (exact) mass is 276 g/mol. The Morgan fingerprint density at radius 3 is 2.79 bits per heavy atom. The topological polar surface area (TPSA) is 51.2 Å². The first-order valence-electron chi connectivity index (χ1n) is 6.10. The largest absolute Gasteiger partial charge is 0.465 e. The molecule has 0 bridgehead atoms. The number of rotatable bonds is 5. The van der Waals surface area contributed by atoms with E-state index in [4.69, 9.17) is 0 Å². The van der Waals surface area contributed by atoms with E-state index in [-0.39, 0.29) is 12.0 Å². The van der Waals surface area contributed by atoms with Crippen LogP contribution in [0.25, 0.3) is 0 Å². The molecule has 19 heavy (non-hydrogen) atoms. The van der Waals surface area contributed by atoms with Gasteiger partial charge in [0.25, 0.3) is 0 Å². The van der Waals surface area contributed by atoms with Crippen LogP contribution in [0.15, 0.2) is 36.5 Å². The van der Waals surface area contributed by atoms with E-state index in [2.05, 4.69) is 34.1 Å². The van der Waals surface area contributed by atoms with Gasteiger partial charge in [-0.25, -0.2) is 9.78 Å². The number of nitrogens with one attached hydrogen (secondary N) is 1. The van der Waals surface area contributed by atoms with Crippen LogP contribution < -0.4 is 5.32 Å². The van der Waals surface area contributed by atoms with Gasteiger partial charge in [0.2, 0.25) is 0 Å². The predicted molar refractivity (Wildman–Crippen MR) is 76.6 cm³/mol. The lowest BCUT2D eigenvalue weighted by atomic mass is 10.1. The van der Waals surface area contributed by atoms with E-state index < -0.39 is 0 Å². The van der Waals surface area contributed by atoms with Crippen molar-refractivity contribution in [1.29, 1.82) is 0 Å². The molecule has 0 radical (unpaired) electrons. The molecule has 0 saturated carbocycles. The molecule has 2 aromatic rings. The Balaban J connectivity index is 2.11. The van der Waals surface area contributed by atoms with Gasteiger partial charge in [-0.15, -0.1) is 0 Å². The maximum Gasteiger partial charge on any atom is 0.349 e. The molecular formula is C14H16N2O2S. The molecule has 100 valence electrons. The molecule has 0 aliphatic heterocycles. The van der Waals surface area contributed by atoms with Gasteiger partial charge in [-0.3, -0.25) is 0 Å². The molecule has 2 rings (SSSR count). The zero-order valence-electron chi connectivity index (χ0n) is 10.9. The van der Waals surface area contributed by atoms with Crippen molar-refractivity contribution >= 4 is 22.4 Å². The maximum atomic E-state index is 11.4. The molecule has 1 aromatic carbocycles. The van der Waals surface area contributed by atoms with Gasteiger partial charge in [-0.2, -0.15) is 0 Å². The summed E-state index contributed by atoms with van der Waals surface area (Å²) < 4.78 is 4.67. The van der Waals surface area contributed by atoms with E-state index in [1.165, 1.54) is 30.2 Å². The summed E-state index contributed by atoms with van der Waals surface area (Å²) in [5, 5.41) is 4.08. The van der Waals surface area contributed by atoms with Crippen LogP contribution in [0.2, 0.25) is 0 Å². The highest BCUT2D eigenvalue weighted by Crippen LogP contribution is 2.26. The summed E-state index contributed by atoms with van der Waals surface area (Å²) in [7, 11) is 1.37. The molecule has 1 atom stereocenters. The Bertz CT molecular complexity index is 539. The highest BCUT2D eigenvalue weighted by Gasteiger charge is 2.14. The van der Waals surface area contributed by atoms with Gasteiger partial charge < -0.3 is 10.1 Å². The van der Waals surface area contributed by atoms with Crippen LogP contribution in [0.1, 0.15) is 34.6 Å². The molecule has 0 aliphatic rings. The third kappa shape index (κ3) is 3.32. The molecule has 1 N–H and O–H groups in total. The fourth-order valence-electron chi connectivity index (χ4n) is 1.79. The second-order valence-corrected chi connectivity index (χ2v) is 5.07. The van der Waals surface area contributed by atoms with Crippen LogP contribution in [0.3, 0.4) is 0 Å². The normalized spacial score (nSPS) is 11.9. The lowest BCUT2D eigenvalue weighted by molar-refractivity contribution is 0.0606. The van der Waals surface area contributed by atoms with Crippen molar-refractivity contribution < 1.29 is 9.53 Å². The lowest BCUT2D eigenvalue weighted by Gasteiger charge is -2.16. The highest BCUT2D eigenvalue weighted by atomic mass is 32.1. The van der Waals surface area contributed by atoms with Crippen molar-refractivity contribution in [2.75, 3.05) is 12.4 Å². The molecule has 4 nitrogen and oxygen atoms in total. The van der Waals surface area contributed by atoms with E-state index in [1.54, 1.807) is 0 Å². The molecule has 1 unspecified atom stereocenters. The lowest BCUT2D eigenvalue weighted by Crippen LogP contribution is -2.09. The van der Waals surface area contributed by atoms with Crippen LogP contribution >= 0.6 is 11.3 Å². The first-order chi connectivity index (χ1) is 9.24. The predicted octanol–water partition coefficient (Wildman–Crippen LogP) is 3.49. The number of aromatic nitrogens is 1. The second-order valence-electron chi connectivity index (χ2n) is 4.04. The van der Waals surface area contributed by atoms with Crippen LogP contribution in [0.5, 0.6) is 0 Å². The van der Waals surface area contributed by atoms with E-state index in [0.29, 0.717) is 4.88 Å². The van der Waals surface area contributed by atoms with Crippen molar-refractivity contribution in [2.45, 2.75) is 19.4 Å². The van der Waals surface area contributed by atoms with Gasteiger partial charge in [0.15, 0.2) is 5.13 Å². The summed E-state index contributed by atoms with van der Waals surface area (Å²) in [5.74, 6) is -0.349. The number of carbonyl (C=O) groups excluding carboxylic acids is 1. The van der Waals surface area contributed by atoms with Crippen molar-refractivity contribution in [2.24, 2.45) is 0 Å². The summed E-state index contributed by atoms with van der Waals surface area (Å²) in [6, 6.07) is 10.4. The quantitative estimate of drug-likeness (QED) is 0.849. The van der Waals surface area contributed by atoms with Crippen molar-refractivity contribution in [3.8, 4) is 0 Å². The van der Waals surface area contributed by atoms with Crippen molar-refractivity contribution in [3.63, 3.8) is 0 Å². The zero-order chi connectivity index (χ0) is 13.7. The maximum absolute atomic E-state index is 11.4. The number of esters is 1. The SMILES string of the molecule is CCC(Nc1ncc(C(=O)OC)s1)c1ccccc1. The Hall–Kier alpha value is -1.88. The fourth-order valence-corrected chi connectivity index (χ4v) is 2.58.